The van der Waals surface area contributed by atoms with Crippen LogP contribution in [0.3, 0.4) is 0 Å². The highest BCUT2D eigenvalue weighted by molar-refractivity contribution is 6.76. The molecule has 0 spiro atoms. The van der Waals surface area contributed by atoms with Gasteiger partial charge in [-0.1, -0.05) is 45.3 Å². The maximum atomic E-state index is 3.09. The first-order valence-corrected chi connectivity index (χ1v) is 13.4. The second-order valence-corrected chi connectivity index (χ2v) is 15.1. The third-order valence-electron chi connectivity index (χ3n) is 6.92. The summed E-state index contributed by atoms with van der Waals surface area (Å²) >= 11 is 0. The summed E-state index contributed by atoms with van der Waals surface area (Å²) in [6, 6.07) is 1.91. The molecule has 1 aliphatic heterocycles. The Morgan fingerprint density at radius 2 is 1.57 bits per heavy atom. The molecule has 1 saturated heterocycles. The highest BCUT2D eigenvalue weighted by atomic mass is 28.3. The van der Waals surface area contributed by atoms with Crippen LogP contribution in [0.4, 0.5) is 0 Å². The number of likely N-dealkylation sites (tertiary alicyclic amines) is 1. The molecule has 6 unspecified atom stereocenters. The first-order valence-electron chi connectivity index (χ1n) is 9.65. The number of nitrogens with zero attached hydrogens (tertiary/aromatic N) is 1. The van der Waals surface area contributed by atoms with E-state index in [1.165, 1.54) is 57.5 Å². The van der Waals surface area contributed by atoms with Crippen molar-refractivity contribution in [2.24, 2.45) is 23.7 Å². The zero-order chi connectivity index (χ0) is 14.6. The third-order valence-corrected chi connectivity index (χ3v) is 8.23. The van der Waals surface area contributed by atoms with Crippen LogP contribution < -0.4 is 0 Å². The smallest absolute Gasteiger partial charge is 0.0599 e. The van der Waals surface area contributed by atoms with Gasteiger partial charge in [-0.2, -0.15) is 0 Å². The lowest BCUT2D eigenvalue weighted by molar-refractivity contribution is 0.115. The van der Waals surface area contributed by atoms with E-state index in [2.05, 4.69) is 31.0 Å². The fourth-order valence-corrected chi connectivity index (χ4v) is 7.93. The van der Waals surface area contributed by atoms with E-state index in [0.29, 0.717) is 0 Å². The molecule has 0 amide bonds. The summed E-state index contributed by atoms with van der Waals surface area (Å²) in [6.07, 6.45) is 16.4. The van der Waals surface area contributed by atoms with Crippen molar-refractivity contribution in [2.75, 3.05) is 6.17 Å². The molecular weight excluding hydrogens is 270 g/mol. The molecule has 3 saturated carbocycles. The molecule has 0 aromatic carbocycles. The Bertz CT molecular complexity index is 386. The molecule has 4 fully saturated rings. The van der Waals surface area contributed by atoms with Crippen LogP contribution in [0.25, 0.3) is 0 Å². The van der Waals surface area contributed by atoms with Crippen LogP contribution in [0.2, 0.25) is 19.6 Å². The Morgan fingerprint density at radius 1 is 0.905 bits per heavy atom. The van der Waals surface area contributed by atoms with Gasteiger partial charge in [0.2, 0.25) is 0 Å². The van der Waals surface area contributed by atoms with Crippen molar-refractivity contribution in [2.45, 2.75) is 83.1 Å². The summed E-state index contributed by atoms with van der Waals surface area (Å²) < 4.78 is 0. The van der Waals surface area contributed by atoms with Crippen LogP contribution >= 0.6 is 0 Å². The van der Waals surface area contributed by atoms with Gasteiger partial charge in [-0.25, -0.2) is 0 Å². The van der Waals surface area contributed by atoms with Crippen molar-refractivity contribution in [3.8, 4) is 0 Å². The van der Waals surface area contributed by atoms with Gasteiger partial charge in [0.05, 0.1) is 8.07 Å². The number of fused-ring (bicyclic) bond motifs is 5. The summed E-state index contributed by atoms with van der Waals surface area (Å²) in [5.41, 5.74) is 0. The van der Waals surface area contributed by atoms with Crippen molar-refractivity contribution >= 4 is 8.07 Å². The largest absolute Gasteiger partial charge is 0.299 e. The minimum absolute atomic E-state index is 0.954. The van der Waals surface area contributed by atoms with E-state index >= 15 is 0 Å². The zero-order valence-corrected chi connectivity index (χ0v) is 15.4. The van der Waals surface area contributed by atoms with Gasteiger partial charge in [0.1, 0.15) is 0 Å². The third kappa shape index (κ3) is 2.55. The van der Waals surface area contributed by atoms with E-state index in [-0.39, 0.29) is 0 Å². The molecule has 21 heavy (non-hydrogen) atoms. The Kier molecular flexibility index (Phi) is 3.77. The van der Waals surface area contributed by atoms with Crippen LogP contribution in [0.1, 0.15) is 51.4 Å². The second-order valence-electron chi connectivity index (χ2n) is 9.62. The molecule has 3 aliphatic carbocycles. The molecule has 0 aromatic heterocycles. The molecule has 0 N–H and O–H groups in total. The Morgan fingerprint density at radius 3 is 2.33 bits per heavy atom. The van der Waals surface area contributed by atoms with E-state index < -0.39 is 8.07 Å². The predicted octanol–water partition coefficient (Wildman–Crippen LogP) is 4.75. The lowest BCUT2D eigenvalue weighted by atomic mass is 9.78. The molecule has 1 radical (unpaired) electrons. The summed E-state index contributed by atoms with van der Waals surface area (Å²) in [5, 5.41) is 0. The average Bonchev–Trinajstić information content (AvgIpc) is 2.95. The first kappa shape index (κ1) is 14.7. The molecule has 1 heterocycles. The van der Waals surface area contributed by atoms with E-state index in [4.69, 9.17) is 0 Å². The van der Waals surface area contributed by atoms with Crippen LogP contribution in [0, 0.1) is 30.1 Å². The lowest BCUT2D eigenvalue weighted by Crippen LogP contribution is -2.50. The molecule has 0 bridgehead atoms. The van der Waals surface area contributed by atoms with Crippen molar-refractivity contribution in [1.82, 2.24) is 4.90 Å². The van der Waals surface area contributed by atoms with Crippen LogP contribution in [-0.4, -0.2) is 31.2 Å². The van der Waals surface area contributed by atoms with Crippen molar-refractivity contribution < 1.29 is 0 Å². The Hall–Kier alpha value is 0.177. The van der Waals surface area contributed by atoms with E-state index in [0.717, 1.165) is 35.8 Å². The molecular formula is C19H34NSi. The van der Waals surface area contributed by atoms with E-state index in [1.54, 1.807) is 0 Å². The number of hydrogen-bond acceptors (Lipinski definition) is 1. The van der Waals surface area contributed by atoms with E-state index in [1.807, 2.05) is 0 Å². The van der Waals surface area contributed by atoms with Gasteiger partial charge in [0, 0.05) is 12.1 Å². The fourth-order valence-electron chi connectivity index (χ4n) is 6.39. The molecule has 6 atom stereocenters. The van der Waals surface area contributed by atoms with Gasteiger partial charge in [0.25, 0.3) is 0 Å². The van der Waals surface area contributed by atoms with Crippen molar-refractivity contribution in [3.05, 3.63) is 6.42 Å². The summed E-state index contributed by atoms with van der Waals surface area (Å²) in [5.74, 6) is 4.02. The highest BCUT2D eigenvalue weighted by Gasteiger charge is 2.57. The predicted molar refractivity (Wildman–Crippen MR) is 92.8 cm³/mol. The molecule has 4 aliphatic rings. The summed E-state index contributed by atoms with van der Waals surface area (Å²) in [6.45, 7) is 7.74. The maximum absolute atomic E-state index is 3.09. The van der Waals surface area contributed by atoms with Crippen molar-refractivity contribution in [1.29, 1.82) is 0 Å². The van der Waals surface area contributed by atoms with Crippen LogP contribution in [0.15, 0.2) is 0 Å². The minimum Gasteiger partial charge on any atom is -0.299 e. The fraction of sp³-hybridized carbons (Fsp3) is 0.947. The van der Waals surface area contributed by atoms with Gasteiger partial charge in [0.15, 0.2) is 0 Å². The zero-order valence-electron chi connectivity index (χ0n) is 14.4. The topological polar surface area (TPSA) is 3.24 Å². The summed E-state index contributed by atoms with van der Waals surface area (Å²) in [7, 11) is -1.00. The van der Waals surface area contributed by atoms with Gasteiger partial charge < -0.3 is 0 Å². The molecule has 4 rings (SSSR count). The van der Waals surface area contributed by atoms with Gasteiger partial charge >= 0.3 is 0 Å². The quantitative estimate of drug-likeness (QED) is 0.666. The van der Waals surface area contributed by atoms with Crippen LogP contribution in [0.5, 0.6) is 0 Å². The lowest BCUT2D eigenvalue weighted by Gasteiger charge is -2.41. The second kappa shape index (κ2) is 5.37. The van der Waals surface area contributed by atoms with E-state index in [9.17, 15) is 0 Å². The minimum atomic E-state index is -1.00. The van der Waals surface area contributed by atoms with Crippen molar-refractivity contribution in [3.63, 3.8) is 0 Å². The van der Waals surface area contributed by atoms with Gasteiger partial charge in [-0.3, -0.25) is 4.90 Å². The normalized spacial score (nSPS) is 47.0. The van der Waals surface area contributed by atoms with Gasteiger partial charge in [-0.05, 0) is 61.9 Å². The standard InChI is InChI=1S/C19H34NSi/c1-21(2,3)13-20-18-11-7-6-10-16(18)17-12-14-8-4-5-9-15(14)19(17)20/h12,14-19H,4-11,13H2,1-3H3. The maximum Gasteiger partial charge on any atom is 0.0599 e. The Labute approximate surface area is 132 Å². The van der Waals surface area contributed by atoms with Gasteiger partial charge in [-0.15, -0.1) is 0 Å². The SMILES string of the molecule is C[Si](C)(C)CN1C2CCCCC2C2[CH]C3CCCCC3C21. The monoisotopic (exact) mass is 304 g/mol. The highest BCUT2D eigenvalue weighted by Crippen LogP contribution is 2.57. The number of rotatable bonds is 2. The molecule has 1 nitrogen and oxygen atoms in total. The van der Waals surface area contributed by atoms with Crippen LogP contribution in [-0.2, 0) is 0 Å². The average molecular weight is 305 g/mol. The number of hydrogen-bond donors (Lipinski definition) is 0. The molecule has 0 aromatic rings. The molecule has 2 heteroatoms. The Balaban J connectivity index is 1.62. The molecule has 119 valence electrons. The summed E-state index contributed by atoms with van der Waals surface area (Å²) in [4.78, 5) is 3.09. The first-order chi connectivity index (χ1) is 10.0.